The molecule has 25 heavy (non-hydrogen) atoms. The van der Waals surface area contributed by atoms with Crippen LogP contribution in [0.2, 0.25) is 5.02 Å². The van der Waals surface area contributed by atoms with Gasteiger partial charge in [-0.2, -0.15) is 0 Å². The van der Waals surface area contributed by atoms with Gasteiger partial charge < -0.3 is 15.1 Å². The van der Waals surface area contributed by atoms with E-state index in [1.165, 1.54) is 12.4 Å². The molecule has 2 aromatic heterocycles. The maximum atomic E-state index is 12.0. The summed E-state index contributed by atoms with van der Waals surface area (Å²) < 4.78 is 5.16. The lowest BCUT2D eigenvalue weighted by Gasteiger charge is -2.06. The van der Waals surface area contributed by atoms with Crippen molar-refractivity contribution < 1.29 is 9.21 Å². The minimum Gasteiger partial charge on any atom is -0.467 e. The normalized spacial score (nSPS) is 10.4. The summed E-state index contributed by atoms with van der Waals surface area (Å²) in [7, 11) is 0. The van der Waals surface area contributed by atoms with Gasteiger partial charge in [0.15, 0.2) is 0 Å². The predicted octanol–water partition coefficient (Wildman–Crippen LogP) is 3.31. The monoisotopic (exact) mass is 356 g/mol. The molecule has 0 fully saturated rings. The molecule has 0 aliphatic carbocycles. The lowest BCUT2D eigenvalue weighted by molar-refractivity contribution is 0.0947. The molecule has 0 aliphatic heterocycles. The van der Waals surface area contributed by atoms with E-state index in [1.807, 2.05) is 24.3 Å². The minimum atomic E-state index is -0.248. The van der Waals surface area contributed by atoms with Gasteiger partial charge in [0.25, 0.3) is 5.91 Å². The molecule has 0 unspecified atom stereocenters. The van der Waals surface area contributed by atoms with Crippen molar-refractivity contribution >= 4 is 23.5 Å². The van der Waals surface area contributed by atoms with E-state index in [2.05, 4.69) is 20.6 Å². The van der Waals surface area contributed by atoms with Gasteiger partial charge in [0.05, 0.1) is 18.4 Å². The molecule has 0 saturated carbocycles. The molecule has 128 valence electrons. The second kappa shape index (κ2) is 8.30. The SMILES string of the molecule is O=C(NCc1ccco1)c1cnc(NCCc2cccc(Cl)c2)nc1. The third-order valence-electron chi connectivity index (χ3n) is 3.50. The van der Waals surface area contributed by atoms with Gasteiger partial charge in [-0.25, -0.2) is 9.97 Å². The molecule has 0 atom stereocenters. The van der Waals surface area contributed by atoms with Crippen LogP contribution >= 0.6 is 11.6 Å². The molecule has 2 N–H and O–H groups in total. The molecule has 1 aromatic carbocycles. The number of nitrogens with zero attached hydrogens (tertiary/aromatic N) is 2. The Hall–Kier alpha value is -2.86. The summed E-state index contributed by atoms with van der Waals surface area (Å²) in [5.41, 5.74) is 1.53. The van der Waals surface area contributed by atoms with Crippen LogP contribution in [0, 0.1) is 0 Å². The number of aromatic nitrogens is 2. The fraction of sp³-hybridized carbons (Fsp3) is 0.167. The summed E-state index contributed by atoms with van der Waals surface area (Å²) in [6.07, 6.45) is 5.35. The minimum absolute atomic E-state index is 0.248. The summed E-state index contributed by atoms with van der Waals surface area (Å²) in [6.45, 7) is 0.996. The van der Waals surface area contributed by atoms with Crippen LogP contribution in [0.3, 0.4) is 0 Å². The lowest BCUT2D eigenvalue weighted by Crippen LogP contribution is -2.23. The Morgan fingerprint density at radius 3 is 2.72 bits per heavy atom. The van der Waals surface area contributed by atoms with Crippen LogP contribution in [-0.4, -0.2) is 22.4 Å². The van der Waals surface area contributed by atoms with Gasteiger partial charge in [-0.3, -0.25) is 4.79 Å². The smallest absolute Gasteiger partial charge is 0.254 e. The fourth-order valence-corrected chi connectivity index (χ4v) is 2.44. The Labute approximate surface area is 150 Å². The number of hydrogen-bond acceptors (Lipinski definition) is 5. The van der Waals surface area contributed by atoms with Crippen LogP contribution < -0.4 is 10.6 Å². The number of carbonyl (C=O) groups is 1. The summed E-state index contributed by atoms with van der Waals surface area (Å²) in [6, 6.07) is 11.3. The number of halogens is 1. The maximum Gasteiger partial charge on any atom is 0.254 e. The standard InChI is InChI=1S/C18H17ClN4O2/c19-15-4-1-3-13(9-15)6-7-20-18-22-10-14(11-23-18)17(24)21-12-16-5-2-8-25-16/h1-5,8-11H,6-7,12H2,(H,21,24)(H,20,22,23). The zero-order valence-electron chi connectivity index (χ0n) is 13.4. The van der Waals surface area contributed by atoms with Crippen LogP contribution in [0.1, 0.15) is 21.7 Å². The Bertz CT molecular complexity index is 819. The van der Waals surface area contributed by atoms with E-state index in [0.717, 1.165) is 17.0 Å². The number of nitrogens with one attached hydrogen (secondary N) is 2. The van der Waals surface area contributed by atoms with Gasteiger partial charge in [-0.1, -0.05) is 23.7 Å². The van der Waals surface area contributed by atoms with Crippen molar-refractivity contribution in [3.8, 4) is 0 Å². The van der Waals surface area contributed by atoms with E-state index in [9.17, 15) is 4.79 Å². The van der Waals surface area contributed by atoms with Crippen LogP contribution in [0.25, 0.3) is 0 Å². The third-order valence-corrected chi connectivity index (χ3v) is 3.74. The van der Waals surface area contributed by atoms with E-state index in [-0.39, 0.29) is 5.91 Å². The van der Waals surface area contributed by atoms with Gasteiger partial charge in [-0.15, -0.1) is 0 Å². The van der Waals surface area contributed by atoms with Crippen LogP contribution in [0.5, 0.6) is 0 Å². The third kappa shape index (κ3) is 5.06. The zero-order valence-corrected chi connectivity index (χ0v) is 14.2. The molecular formula is C18H17ClN4O2. The highest BCUT2D eigenvalue weighted by Crippen LogP contribution is 2.11. The van der Waals surface area contributed by atoms with E-state index in [0.29, 0.717) is 30.4 Å². The molecule has 6 nitrogen and oxygen atoms in total. The Balaban J connectivity index is 1.47. The Morgan fingerprint density at radius 2 is 2.00 bits per heavy atom. The fourth-order valence-electron chi connectivity index (χ4n) is 2.23. The van der Waals surface area contributed by atoms with Gasteiger partial charge in [0.2, 0.25) is 5.95 Å². The average Bonchev–Trinajstić information content (AvgIpc) is 3.14. The lowest BCUT2D eigenvalue weighted by atomic mass is 10.1. The van der Waals surface area contributed by atoms with Crippen molar-refractivity contribution in [3.05, 3.63) is 77.0 Å². The van der Waals surface area contributed by atoms with E-state index in [1.54, 1.807) is 18.4 Å². The molecule has 3 aromatic rings. The molecule has 3 rings (SSSR count). The molecule has 0 radical (unpaired) electrons. The number of rotatable bonds is 7. The number of carbonyl (C=O) groups excluding carboxylic acids is 1. The highest BCUT2D eigenvalue weighted by atomic mass is 35.5. The predicted molar refractivity (Wildman–Crippen MR) is 95.6 cm³/mol. The largest absolute Gasteiger partial charge is 0.467 e. The Morgan fingerprint density at radius 1 is 1.16 bits per heavy atom. The van der Waals surface area contributed by atoms with Gasteiger partial charge in [0.1, 0.15) is 5.76 Å². The van der Waals surface area contributed by atoms with E-state index in [4.69, 9.17) is 16.0 Å². The van der Waals surface area contributed by atoms with Gasteiger partial charge in [0, 0.05) is 24.0 Å². The molecular weight excluding hydrogens is 340 g/mol. The molecule has 0 aliphatic rings. The number of hydrogen-bond donors (Lipinski definition) is 2. The van der Waals surface area contributed by atoms with Crippen molar-refractivity contribution in [3.63, 3.8) is 0 Å². The van der Waals surface area contributed by atoms with Crippen molar-refractivity contribution in [2.75, 3.05) is 11.9 Å². The first-order valence-corrected chi connectivity index (χ1v) is 8.19. The van der Waals surface area contributed by atoms with Crippen molar-refractivity contribution in [1.82, 2.24) is 15.3 Å². The van der Waals surface area contributed by atoms with Gasteiger partial charge >= 0.3 is 0 Å². The topological polar surface area (TPSA) is 80.0 Å². The van der Waals surface area contributed by atoms with Crippen molar-refractivity contribution in [2.24, 2.45) is 0 Å². The summed E-state index contributed by atoms with van der Waals surface area (Å²) in [5.74, 6) is 0.917. The Kier molecular flexibility index (Phi) is 5.64. The highest BCUT2D eigenvalue weighted by molar-refractivity contribution is 6.30. The first-order valence-electron chi connectivity index (χ1n) is 7.81. The zero-order chi connectivity index (χ0) is 17.5. The summed E-state index contributed by atoms with van der Waals surface area (Å²) in [5, 5.41) is 6.59. The molecule has 0 saturated heterocycles. The van der Waals surface area contributed by atoms with E-state index < -0.39 is 0 Å². The number of amides is 1. The number of benzene rings is 1. The second-order valence-electron chi connectivity index (χ2n) is 5.36. The summed E-state index contributed by atoms with van der Waals surface area (Å²) in [4.78, 5) is 20.3. The first-order chi connectivity index (χ1) is 12.2. The molecule has 0 bridgehead atoms. The van der Waals surface area contributed by atoms with E-state index >= 15 is 0 Å². The van der Waals surface area contributed by atoms with Crippen molar-refractivity contribution in [1.29, 1.82) is 0 Å². The number of anilines is 1. The molecule has 7 heteroatoms. The van der Waals surface area contributed by atoms with Crippen LogP contribution in [-0.2, 0) is 13.0 Å². The van der Waals surface area contributed by atoms with Crippen LogP contribution in [0.4, 0.5) is 5.95 Å². The summed E-state index contributed by atoms with van der Waals surface area (Å²) >= 11 is 5.96. The molecule has 2 heterocycles. The maximum absolute atomic E-state index is 12.0. The molecule has 0 spiro atoms. The first kappa shape index (κ1) is 17.0. The highest BCUT2D eigenvalue weighted by Gasteiger charge is 2.07. The van der Waals surface area contributed by atoms with Gasteiger partial charge in [-0.05, 0) is 36.2 Å². The van der Waals surface area contributed by atoms with Crippen molar-refractivity contribution in [2.45, 2.75) is 13.0 Å². The second-order valence-corrected chi connectivity index (χ2v) is 5.80. The van der Waals surface area contributed by atoms with Crippen LogP contribution in [0.15, 0.2) is 59.5 Å². The number of furan rings is 1. The molecule has 1 amide bonds. The quantitative estimate of drug-likeness (QED) is 0.679. The average molecular weight is 357 g/mol.